The van der Waals surface area contributed by atoms with Crippen molar-refractivity contribution in [3.8, 4) is 11.5 Å². The maximum atomic E-state index is 12.2. The van der Waals surface area contributed by atoms with E-state index in [1.54, 1.807) is 17.4 Å². The molecule has 0 saturated heterocycles. The predicted octanol–water partition coefficient (Wildman–Crippen LogP) is 2.82. The second-order valence-corrected chi connectivity index (χ2v) is 5.68. The standard InChI is InChI=1S/C16H16N2O3S/c1-2-11(15-8-5-9-22-15)17-18-16(19)14-10-20-12-6-3-4-7-13(12)21-14/h3-9,14H,2,10H2,1H3,(H,18,19)/b17-11-/t14-/m1/s1. The van der Waals surface area contributed by atoms with Gasteiger partial charge in [0.05, 0.1) is 10.6 Å². The molecule has 0 saturated carbocycles. The number of nitrogens with zero attached hydrogens (tertiary/aromatic N) is 1. The molecule has 0 fully saturated rings. The second-order valence-electron chi connectivity index (χ2n) is 4.73. The van der Waals surface area contributed by atoms with E-state index in [1.165, 1.54) is 0 Å². The molecular formula is C16H16N2O3S. The summed E-state index contributed by atoms with van der Waals surface area (Å²) in [6.07, 6.45) is 0.0474. The molecule has 0 bridgehead atoms. The SMILES string of the molecule is CC/C(=N/NC(=O)[C@H]1COc2ccccc2O1)c1cccs1. The van der Waals surface area contributed by atoms with Gasteiger partial charge in [-0.05, 0) is 30.0 Å². The number of ether oxygens (including phenoxy) is 2. The van der Waals surface area contributed by atoms with Crippen LogP contribution in [-0.2, 0) is 4.79 Å². The molecule has 1 amide bonds. The van der Waals surface area contributed by atoms with Crippen molar-refractivity contribution in [3.63, 3.8) is 0 Å². The number of hydrogen-bond acceptors (Lipinski definition) is 5. The normalized spacial score (nSPS) is 17.1. The Balaban J connectivity index is 1.66. The fourth-order valence-corrected chi connectivity index (χ4v) is 2.88. The van der Waals surface area contributed by atoms with Gasteiger partial charge in [-0.15, -0.1) is 11.3 Å². The van der Waals surface area contributed by atoms with Gasteiger partial charge in [-0.3, -0.25) is 4.79 Å². The van der Waals surface area contributed by atoms with Gasteiger partial charge in [0.25, 0.3) is 5.91 Å². The Morgan fingerprint density at radius 1 is 1.32 bits per heavy atom. The van der Waals surface area contributed by atoms with Crippen LogP contribution in [0, 0.1) is 0 Å². The Hall–Kier alpha value is -2.34. The number of thiophene rings is 1. The van der Waals surface area contributed by atoms with Crippen LogP contribution in [0.4, 0.5) is 0 Å². The Labute approximate surface area is 132 Å². The first-order chi connectivity index (χ1) is 10.8. The van der Waals surface area contributed by atoms with E-state index in [-0.39, 0.29) is 12.5 Å². The van der Waals surface area contributed by atoms with Crippen LogP contribution in [0.15, 0.2) is 46.9 Å². The van der Waals surface area contributed by atoms with Crippen LogP contribution in [0.3, 0.4) is 0 Å². The van der Waals surface area contributed by atoms with Gasteiger partial charge in [0.15, 0.2) is 11.5 Å². The molecule has 1 atom stereocenters. The van der Waals surface area contributed by atoms with Crippen LogP contribution in [-0.4, -0.2) is 24.3 Å². The third kappa shape index (κ3) is 3.12. The van der Waals surface area contributed by atoms with Gasteiger partial charge >= 0.3 is 0 Å². The molecular weight excluding hydrogens is 300 g/mol. The Bertz CT molecular complexity index is 682. The number of hydrogen-bond donors (Lipinski definition) is 1. The van der Waals surface area contributed by atoms with E-state index in [4.69, 9.17) is 9.47 Å². The largest absolute Gasteiger partial charge is 0.485 e. The summed E-state index contributed by atoms with van der Waals surface area (Å²) < 4.78 is 11.2. The summed E-state index contributed by atoms with van der Waals surface area (Å²) in [4.78, 5) is 13.2. The van der Waals surface area contributed by atoms with E-state index in [0.717, 1.165) is 17.0 Å². The van der Waals surface area contributed by atoms with Gasteiger partial charge in [0.2, 0.25) is 6.10 Å². The van der Waals surface area contributed by atoms with Gasteiger partial charge in [-0.2, -0.15) is 5.10 Å². The summed E-state index contributed by atoms with van der Waals surface area (Å²) in [5.41, 5.74) is 3.42. The average molecular weight is 316 g/mol. The lowest BCUT2D eigenvalue weighted by Crippen LogP contribution is -2.42. The van der Waals surface area contributed by atoms with Gasteiger partial charge in [-0.1, -0.05) is 25.1 Å². The number of amides is 1. The first-order valence-electron chi connectivity index (χ1n) is 7.06. The second kappa shape index (κ2) is 6.62. The zero-order valence-corrected chi connectivity index (χ0v) is 12.9. The van der Waals surface area contributed by atoms with Crippen molar-refractivity contribution >= 4 is 23.0 Å². The number of hydrazone groups is 1. The summed E-state index contributed by atoms with van der Waals surface area (Å²) in [5.74, 6) is 0.923. The lowest BCUT2D eigenvalue weighted by atomic mass is 10.2. The van der Waals surface area contributed by atoms with Crippen molar-refractivity contribution < 1.29 is 14.3 Å². The lowest BCUT2D eigenvalue weighted by Gasteiger charge is -2.24. The molecule has 0 unspecified atom stereocenters. The maximum absolute atomic E-state index is 12.2. The minimum Gasteiger partial charge on any atom is -0.485 e. The van der Waals surface area contributed by atoms with Crippen LogP contribution in [0.25, 0.3) is 0 Å². The van der Waals surface area contributed by atoms with E-state index < -0.39 is 6.10 Å². The molecule has 2 aromatic rings. The predicted molar refractivity (Wildman–Crippen MR) is 85.6 cm³/mol. The molecule has 0 radical (unpaired) electrons. The zero-order chi connectivity index (χ0) is 15.4. The van der Waals surface area contributed by atoms with Gasteiger partial charge < -0.3 is 9.47 Å². The molecule has 0 spiro atoms. The van der Waals surface area contributed by atoms with E-state index in [9.17, 15) is 4.79 Å². The summed E-state index contributed by atoms with van der Waals surface area (Å²) in [6, 6.07) is 11.2. The molecule has 6 heteroatoms. The molecule has 114 valence electrons. The Kier molecular flexibility index (Phi) is 4.39. The number of nitrogens with one attached hydrogen (secondary N) is 1. The zero-order valence-electron chi connectivity index (χ0n) is 12.1. The number of para-hydroxylation sites is 2. The van der Waals surface area contributed by atoms with Crippen molar-refractivity contribution in [2.24, 2.45) is 5.10 Å². The summed E-state index contributed by atoms with van der Waals surface area (Å²) in [6.45, 7) is 2.18. The topological polar surface area (TPSA) is 59.9 Å². The molecule has 1 N–H and O–H groups in total. The molecule has 2 heterocycles. The maximum Gasteiger partial charge on any atom is 0.284 e. The highest BCUT2D eigenvalue weighted by Crippen LogP contribution is 2.30. The molecule has 5 nitrogen and oxygen atoms in total. The molecule has 22 heavy (non-hydrogen) atoms. The van der Waals surface area contributed by atoms with Crippen LogP contribution in [0.1, 0.15) is 18.2 Å². The number of carbonyl (C=O) groups is 1. The van der Waals surface area contributed by atoms with Gasteiger partial charge in [-0.25, -0.2) is 5.43 Å². The smallest absolute Gasteiger partial charge is 0.284 e. The average Bonchev–Trinajstić information content (AvgIpc) is 3.09. The summed E-state index contributed by atoms with van der Waals surface area (Å²) in [5, 5.41) is 6.19. The van der Waals surface area contributed by atoms with Crippen LogP contribution < -0.4 is 14.9 Å². The van der Waals surface area contributed by atoms with Gasteiger partial charge in [0, 0.05) is 0 Å². The van der Waals surface area contributed by atoms with E-state index >= 15 is 0 Å². The molecule has 3 rings (SSSR count). The van der Waals surface area contributed by atoms with Crippen LogP contribution >= 0.6 is 11.3 Å². The minimum absolute atomic E-state index is 0.179. The fourth-order valence-electron chi connectivity index (χ4n) is 2.09. The summed E-state index contributed by atoms with van der Waals surface area (Å²) in [7, 11) is 0. The third-order valence-electron chi connectivity index (χ3n) is 3.24. The molecule has 0 aliphatic carbocycles. The van der Waals surface area contributed by atoms with Crippen LogP contribution in [0.2, 0.25) is 0 Å². The Morgan fingerprint density at radius 3 is 2.86 bits per heavy atom. The first-order valence-corrected chi connectivity index (χ1v) is 7.94. The number of carbonyl (C=O) groups excluding carboxylic acids is 1. The molecule has 1 aromatic carbocycles. The molecule has 1 aliphatic heterocycles. The van der Waals surface area contributed by atoms with Crippen molar-refractivity contribution in [2.45, 2.75) is 19.4 Å². The van der Waals surface area contributed by atoms with E-state index in [1.807, 2.05) is 42.6 Å². The monoisotopic (exact) mass is 316 g/mol. The van der Waals surface area contributed by atoms with Crippen molar-refractivity contribution in [1.29, 1.82) is 0 Å². The number of rotatable bonds is 4. The first kappa shape index (κ1) is 14.6. The van der Waals surface area contributed by atoms with Crippen LogP contribution in [0.5, 0.6) is 11.5 Å². The van der Waals surface area contributed by atoms with E-state index in [2.05, 4.69) is 10.5 Å². The van der Waals surface area contributed by atoms with E-state index in [0.29, 0.717) is 11.5 Å². The highest BCUT2D eigenvalue weighted by molar-refractivity contribution is 7.12. The lowest BCUT2D eigenvalue weighted by molar-refractivity contribution is -0.130. The quantitative estimate of drug-likeness (QED) is 0.697. The highest BCUT2D eigenvalue weighted by Gasteiger charge is 2.27. The number of fused-ring (bicyclic) bond motifs is 1. The summed E-state index contributed by atoms with van der Waals surface area (Å²) >= 11 is 1.60. The molecule has 1 aromatic heterocycles. The van der Waals surface area contributed by atoms with Crippen molar-refractivity contribution in [3.05, 3.63) is 46.7 Å². The van der Waals surface area contributed by atoms with Gasteiger partial charge in [0.1, 0.15) is 6.61 Å². The van der Waals surface area contributed by atoms with Crippen molar-refractivity contribution in [2.75, 3.05) is 6.61 Å². The highest BCUT2D eigenvalue weighted by atomic mass is 32.1. The molecule has 1 aliphatic rings. The minimum atomic E-state index is -0.694. The fraction of sp³-hybridized carbons (Fsp3) is 0.250. The third-order valence-corrected chi connectivity index (χ3v) is 4.16. The van der Waals surface area contributed by atoms with Crippen molar-refractivity contribution in [1.82, 2.24) is 5.43 Å². The Morgan fingerprint density at radius 2 is 2.14 bits per heavy atom. The number of benzene rings is 1.